The second kappa shape index (κ2) is 7.03. The molecule has 0 atom stereocenters. The quantitative estimate of drug-likeness (QED) is 0.718. The third kappa shape index (κ3) is 3.10. The van der Waals surface area contributed by atoms with Crippen molar-refractivity contribution in [2.45, 2.75) is 39.1 Å². The molecule has 1 aromatic carbocycles. The van der Waals surface area contributed by atoms with Crippen LogP contribution in [0.1, 0.15) is 32.5 Å². The van der Waals surface area contributed by atoms with Crippen molar-refractivity contribution in [2.75, 3.05) is 14.2 Å². The molecule has 0 saturated carbocycles. The minimum absolute atomic E-state index is 0.402. The molecule has 1 heterocycles. The van der Waals surface area contributed by atoms with E-state index >= 15 is 0 Å². The number of halogens is 1. The molecule has 0 spiro atoms. The van der Waals surface area contributed by atoms with Crippen LogP contribution in [0.3, 0.4) is 0 Å². The Hall–Kier alpha value is -1.42. The number of hydrogen-bond donors (Lipinski definition) is 0. The van der Waals surface area contributed by atoms with Crippen LogP contribution in [0, 0.1) is 5.92 Å². The zero-order valence-electron chi connectivity index (χ0n) is 13.1. The summed E-state index contributed by atoms with van der Waals surface area (Å²) in [5.74, 6) is 3.33. The van der Waals surface area contributed by atoms with E-state index in [1.807, 2.05) is 12.1 Å². The predicted octanol–water partition coefficient (Wildman–Crippen LogP) is 4.23. The number of methoxy groups -OCH3 is 2. The number of hydrogen-bond acceptors (Lipinski definition) is 3. The molecule has 21 heavy (non-hydrogen) atoms. The van der Waals surface area contributed by atoms with E-state index in [1.54, 1.807) is 14.2 Å². The van der Waals surface area contributed by atoms with Gasteiger partial charge in [0.25, 0.3) is 0 Å². The molecular weight excluding hydrogens is 288 g/mol. The highest BCUT2D eigenvalue weighted by atomic mass is 35.5. The number of aromatic nitrogens is 2. The van der Waals surface area contributed by atoms with Crippen LogP contribution in [0.5, 0.6) is 11.5 Å². The van der Waals surface area contributed by atoms with Crippen LogP contribution < -0.4 is 9.47 Å². The van der Waals surface area contributed by atoms with Crippen LogP contribution in [-0.4, -0.2) is 23.8 Å². The fourth-order valence-corrected chi connectivity index (χ4v) is 2.82. The Balaban J connectivity index is 2.56. The number of rotatable bonds is 7. The van der Waals surface area contributed by atoms with Gasteiger partial charge in [0, 0.05) is 18.7 Å². The van der Waals surface area contributed by atoms with Gasteiger partial charge in [-0.15, -0.1) is 11.6 Å². The first kappa shape index (κ1) is 16.0. The summed E-state index contributed by atoms with van der Waals surface area (Å²) < 4.78 is 13.0. The first-order valence-corrected chi connectivity index (χ1v) is 7.88. The molecule has 0 saturated heterocycles. The SMILES string of the molecule is CCC(CC)Cn1c(CCl)nc2cc(OC)c(OC)cc21. The average Bonchev–Trinajstić information content (AvgIpc) is 2.87. The van der Waals surface area contributed by atoms with Gasteiger partial charge < -0.3 is 14.0 Å². The molecule has 0 fully saturated rings. The van der Waals surface area contributed by atoms with Crippen molar-refractivity contribution in [1.82, 2.24) is 9.55 Å². The van der Waals surface area contributed by atoms with E-state index in [0.717, 1.165) is 42.0 Å². The lowest BCUT2D eigenvalue weighted by atomic mass is 10.0. The first-order valence-electron chi connectivity index (χ1n) is 7.35. The fraction of sp³-hybridized carbons (Fsp3) is 0.562. The second-order valence-electron chi connectivity index (χ2n) is 5.15. The smallest absolute Gasteiger partial charge is 0.163 e. The summed E-state index contributed by atoms with van der Waals surface area (Å²) >= 11 is 6.07. The molecule has 0 unspecified atom stereocenters. The Labute approximate surface area is 131 Å². The molecule has 5 heteroatoms. The van der Waals surface area contributed by atoms with Gasteiger partial charge in [0.05, 0.1) is 31.1 Å². The molecule has 1 aromatic heterocycles. The lowest BCUT2D eigenvalue weighted by Crippen LogP contribution is -2.11. The monoisotopic (exact) mass is 310 g/mol. The summed E-state index contributed by atoms with van der Waals surface area (Å²) in [6.07, 6.45) is 2.29. The van der Waals surface area contributed by atoms with E-state index < -0.39 is 0 Å². The van der Waals surface area contributed by atoms with E-state index in [4.69, 9.17) is 21.1 Å². The second-order valence-corrected chi connectivity index (χ2v) is 5.42. The summed E-state index contributed by atoms with van der Waals surface area (Å²) in [5, 5.41) is 0. The van der Waals surface area contributed by atoms with Crippen LogP contribution in [0.25, 0.3) is 11.0 Å². The number of imidazole rings is 1. The molecule has 4 nitrogen and oxygen atoms in total. The van der Waals surface area contributed by atoms with Crippen LogP contribution in [0.15, 0.2) is 12.1 Å². The van der Waals surface area contributed by atoms with Crippen molar-refractivity contribution >= 4 is 22.6 Å². The minimum atomic E-state index is 0.402. The Bertz CT molecular complexity index is 606. The van der Waals surface area contributed by atoms with Crippen molar-refractivity contribution in [2.24, 2.45) is 5.92 Å². The molecule has 0 aliphatic carbocycles. The van der Waals surface area contributed by atoms with Crippen LogP contribution in [0.2, 0.25) is 0 Å². The van der Waals surface area contributed by atoms with Gasteiger partial charge in [0.15, 0.2) is 11.5 Å². The number of ether oxygens (including phenoxy) is 2. The maximum atomic E-state index is 6.07. The zero-order chi connectivity index (χ0) is 15.4. The third-order valence-corrected chi connectivity index (χ3v) is 4.29. The largest absolute Gasteiger partial charge is 0.493 e. The maximum absolute atomic E-state index is 6.07. The van der Waals surface area contributed by atoms with E-state index in [2.05, 4.69) is 23.4 Å². The molecule has 0 aliphatic rings. The van der Waals surface area contributed by atoms with E-state index in [0.29, 0.717) is 17.5 Å². The Morgan fingerprint density at radius 2 is 1.76 bits per heavy atom. The van der Waals surface area contributed by atoms with Gasteiger partial charge in [-0.2, -0.15) is 0 Å². The minimum Gasteiger partial charge on any atom is -0.493 e. The molecule has 0 aliphatic heterocycles. The molecule has 0 amide bonds. The van der Waals surface area contributed by atoms with Crippen molar-refractivity contribution in [3.05, 3.63) is 18.0 Å². The van der Waals surface area contributed by atoms with Crippen LogP contribution in [-0.2, 0) is 12.4 Å². The summed E-state index contributed by atoms with van der Waals surface area (Å²) in [5.41, 5.74) is 1.95. The van der Waals surface area contributed by atoms with E-state index in [-0.39, 0.29) is 0 Å². The van der Waals surface area contributed by atoms with Crippen molar-refractivity contribution < 1.29 is 9.47 Å². The average molecular weight is 311 g/mol. The first-order chi connectivity index (χ1) is 10.2. The Morgan fingerprint density at radius 3 is 2.29 bits per heavy atom. The molecular formula is C16H23ClN2O2. The highest BCUT2D eigenvalue weighted by Gasteiger charge is 2.16. The predicted molar refractivity (Wildman–Crippen MR) is 86.5 cm³/mol. The number of alkyl halides is 1. The van der Waals surface area contributed by atoms with Gasteiger partial charge in [-0.3, -0.25) is 0 Å². The molecule has 116 valence electrons. The topological polar surface area (TPSA) is 36.3 Å². The van der Waals surface area contributed by atoms with Crippen LogP contribution in [0.4, 0.5) is 0 Å². The summed E-state index contributed by atoms with van der Waals surface area (Å²) in [7, 11) is 3.28. The Morgan fingerprint density at radius 1 is 1.14 bits per heavy atom. The van der Waals surface area contributed by atoms with E-state index in [9.17, 15) is 0 Å². The zero-order valence-corrected chi connectivity index (χ0v) is 13.9. The molecule has 2 aromatic rings. The number of benzene rings is 1. The highest BCUT2D eigenvalue weighted by molar-refractivity contribution is 6.16. The lowest BCUT2D eigenvalue weighted by Gasteiger charge is -2.16. The molecule has 0 bridgehead atoms. The highest BCUT2D eigenvalue weighted by Crippen LogP contribution is 2.33. The Kier molecular flexibility index (Phi) is 5.34. The van der Waals surface area contributed by atoms with Crippen LogP contribution >= 0.6 is 11.6 Å². The van der Waals surface area contributed by atoms with Crippen molar-refractivity contribution in [1.29, 1.82) is 0 Å². The summed E-state index contributed by atoms with van der Waals surface area (Å²) in [4.78, 5) is 4.63. The fourth-order valence-electron chi connectivity index (χ4n) is 2.61. The van der Waals surface area contributed by atoms with Gasteiger partial charge >= 0.3 is 0 Å². The van der Waals surface area contributed by atoms with E-state index in [1.165, 1.54) is 0 Å². The van der Waals surface area contributed by atoms with Gasteiger partial charge in [0.2, 0.25) is 0 Å². The standard InChI is InChI=1S/C16H23ClN2O2/c1-5-11(6-2)10-19-13-8-15(21-4)14(20-3)7-12(13)18-16(19)9-17/h7-8,11H,5-6,9-10H2,1-4H3. The maximum Gasteiger partial charge on any atom is 0.163 e. The third-order valence-electron chi connectivity index (χ3n) is 4.05. The van der Waals surface area contributed by atoms with Gasteiger partial charge in [-0.25, -0.2) is 4.98 Å². The van der Waals surface area contributed by atoms with Crippen molar-refractivity contribution in [3.8, 4) is 11.5 Å². The molecule has 0 radical (unpaired) electrons. The molecule has 0 N–H and O–H groups in total. The number of fused-ring (bicyclic) bond motifs is 1. The molecule has 2 rings (SSSR count). The summed E-state index contributed by atoms with van der Waals surface area (Å²) in [6, 6.07) is 3.90. The normalized spacial score (nSPS) is 11.3. The van der Waals surface area contributed by atoms with Crippen molar-refractivity contribution in [3.63, 3.8) is 0 Å². The van der Waals surface area contributed by atoms with Gasteiger partial charge in [0.1, 0.15) is 5.82 Å². The van der Waals surface area contributed by atoms with Gasteiger partial charge in [-0.05, 0) is 5.92 Å². The lowest BCUT2D eigenvalue weighted by molar-refractivity contribution is 0.355. The summed E-state index contributed by atoms with van der Waals surface area (Å²) in [6.45, 7) is 5.37. The number of nitrogens with zero attached hydrogens (tertiary/aromatic N) is 2. The van der Waals surface area contributed by atoms with Gasteiger partial charge in [-0.1, -0.05) is 26.7 Å².